The topological polar surface area (TPSA) is 134 Å². The van der Waals surface area contributed by atoms with Crippen molar-refractivity contribution in [2.45, 2.75) is 226 Å². The summed E-state index contributed by atoms with van der Waals surface area (Å²) < 4.78 is 39.5. The van der Waals surface area contributed by atoms with E-state index in [0.29, 0.717) is 71.3 Å². The van der Waals surface area contributed by atoms with Crippen molar-refractivity contribution in [1.29, 1.82) is 0 Å². The molecule has 1 aliphatic heterocycles. The van der Waals surface area contributed by atoms with Crippen LogP contribution in [0.1, 0.15) is 206 Å². The number of rotatable bonds is 24. The molecule has 382 valence electrons. The number of carbonyl (C=O) groups excluding carboxylic acids is 1. The molecule has 7 saturated carbocycles. The van der Waals surface area contributed by atoms with Gasteiger partial charge in [-0.1, -0.05) is 36.7 Å². The Bertz CT molecular complexity index is 1890. The molecule has 2 spiro atoms. The van der Waals surface area contributed by atoms with Crippen LogP contribution in [-0.4, -0.2) is 64.7 Å². The number of nitrogens with zero attached hydrogens (tertiary/aromatic N) is 3. The van der Waals surface area contributed by atoms with Gasteiger partial charge in [0.05, 0.1) is 18.4 Å². The van der Waals surface area contributed by atoms with Gasteiger partial charge in [0.25, 0.3) is 0 Å². The van der Waals surface area contributed by atoms with Crippen molar-refractivity contribution in [1.82, 2.24) is 20.3 Å². The van der Waals surface area contributed by atoms with E-state index in [0.717, 1.165) is 106 Å². The van der Waals surface area contributed by atoms with E-state index in [-0.39, 0.29) is 6.10 Å². The van der Waals surface area contributed by atoms with Crippen LogP contribution in [0.2, 0.25) is 0 Å². The zero-order chi connectivity index (χ0) is 47.0. The average Bonchev–Trinajstić information content (AvgIpc) is 4.04. The van der Waals surface area contributed by atoms with Gasteiger partial charge in [0, 0.05) is 19.2 Å². The van der Waals surface area contributed by atoms with Crippen LogP contribution < -0.4 is 5.32 Å². The Morgan fingerprint density at radius 3 is 2.51 bits per heavy atom. The van der Waals surface area contributed by atoms with E-state index in [4.69, 9.17) is 18.1 Å². The van der Waals surface area contributed by atoms with Crippen molar-refractivity contribution in [3.05, 3.63) is 11.9 Å². The number of carbonyl (C=O) groups is 1. The van der Waals surface area contributed by atoms with Crippen LogP contribution in [0.15, 0.2) is 6.20 Å². The first-order chi connectivity index (χ1) is 32.1. The maximum atomic E-state index is 13.6. The monoisotopic (exact) mass is 1010 g/mol. The second-order valence-electron chi connectivity index (χ2n) is 24.6. The first-order valence-corrected chi connectivity index (χ1v) is 33.3. The van der Waals surface area contributed by atoms with Gasteiger partial charge in [-0.05, 0) is 63.7 Å². The first-order valence-electron chi connectivity index (χ1n) is 27.6. The van der Waals surface area contributed by atoms with Crippen molar-refractivity contribution in [2.24, 2.45) is 56.2 Å². The van der Waals surface area contributed by atoms with E-state index in [1.165, 1.54) is 116 Å². The third kappa shape index (κ3) is 10.4. The molecule has 7 aliphatic carbocycles. The first kappa shape index (κ1) is 51.8. The van der Waals surface area contributed by atoms with Gasteiger partial charge in [0.1, 0.15) is 6.29 Å². The second kappa shape index (κ2) is 21.0. The molecule has 15 heteroatoms. The zero-order valence-electron chi connectivity index (χ0n) is 41.7. The van der Waals surface area contributed by atoms with Crippen LogP contribution in [0.3, 0.4) is 0 Å². The Balaban J connectivity index is 0.809. The molecule has 0 aromatic carbocycles. The van der Waals surface area contributed by atoms with Gasteiger partial charge in [0.2, 0.25) is 0 Å². The van der Waals surface area contributed by atoms with Crippen LogP contribution >= 0.6 is 38.4 Å². The predicted octanol–water partition coefficient (Wildman–Crippen LogP) is 13.3. The molecule has 2 N–H and O–H groups in total. The van der Waals surface area contributed by atoms with E-state index in [2.05, 4.69) is 60.9 Å². The standard InChI is InChI=1S/C52H90N4O7P2S2/c1-4-5-22-49-34-42(33-47(49,2)21-14-29-60-64(58,66)62-38-45-17-13-25-53-45)48(3)30-40-31-50(48,39-49)35-43-36-52(24-8-7-23-51(43,52)32-40)41-15-12-18-46(20-19-41)63-65(59,67)61-28-11-6-16-44-37-56(55-54-44)26-9-10-27-57/h27,37,40-43,45-46,53,58,64,66H,4-26,28-36,38-39H2,1-3H3,(H,59,67)/t40?,41-,42-,43-,45+,46?,47?,48?,49?,50-,51?,52?,65?/m1/s1. The normalized spacial score (nSPS) is 41.3. The third-order valence-corrected chi connectivity index (χ3v) is 24.7. The molecule has 1 aromatic rings. The van der Waals surface area contributed by atoms with Gasteiger partial charge in [-0.2, -0.15) is 0 Å². The molecule has 11 nitrogen and oxygen atoms in total. The molecule has 13 atom stereocenters. The summed E-state index contributed by atoms with van der Waals surface area (Å²) in [5, 5.41) is 11.9. The number of nitrogens with one attached hydrogen (secondary N) is 1. The molecule has 8 fully saturated rings. The second-order valence-corrected chi connectivity index (χ2v) is 30.9. The fraction of sp³-hybridized carbons (Fsp3) is 0.942. The van der Waals surface area contributed by atoms with Crippen LogP contribution in [-0.2, 0) is 40.4 Å². The molecule has 67 heavy (non-hydrogen) atoms. The Morgan fingerprint density at radius 1 is 0.881 bits per heavy atom. The molecule has 0 radical (unpaired) electrons. The molecular formula is C52H90N4O7P2S2. The van der Waals surface area contributed by atoms with Crippen LogP contribution in [0.4, 0.5) is 0 Å². The number of aryl methyl sites for hydroxylation is 2. The van der Waals surface area contributed by atoms with E-state index >= 15 is 0 Å². The summed E-state index contributed by atoms with van der Waals surface area (Å²) in [6, 6.07) is 0.299. The SMILES string of the molecule is CCCCC12C[C@@H](CC1(C)CCCO[PH](O)(S)OC[C@@H]1CCCN1)C1(C)CC3CC45CCCCC4([C@@H]4CCCC(OP(=O)(S)OCCCCc6cn(CCCC=O)nn6)CC4)C[C@H]5C[C@]1(C3)C2. The van der Waals surface area contributed by atoms with Gasteiger partial charge in [0.15, 0.2) is 0 Å². The van der Waals surface area contributed by atoms with Crippen molar-refractivity contribution in [2.75, 3.05) is 26.4 Å². The molecule has 1 aromatic heterocycles. The van der Waals surface area contributed by atoms with E-state index < -0.39 is 13.9 Å². The van der Waals surface area contributed by atoms with Gasteiger partial charge in [-0.3, -0.25) is 9.21 Å². The minimum atomic E-state index is -3.47. The number of unbranched alkanes of at least 4 members (excludes halogenated alkanes) is 3. The molecule has 2 heterocycles. The molecule has 4 bridgehead atoms. The van der Waals surface area contributed by atoms with Crippen molar-refractivity contribution < 1.29 is 32.3 Å². The van der Waals surface area contributed by atoms with Gasteiger partial charge < -0.3 is 9.32 Å². The number of thiol groups is 2. The van der Waals surface area contributed by atoms with Crippen molar-refractivity contribution in [3.63, 3.8) is 0 Å². The third-order valence-electron chi connectivity index (χ3n) is 21.1. The minimum absolute atomic E-state index is 0.0596. The zero-order valence-corrected chi connectivity index (χ0v) is 45.4. The van der Waals surface area contributed by atoms with Gasteiger partial charge in [-0.15, -0.1) is 5.10 Å². The molecule has 8 unspecified atom stereocenters. The molecular weight excluding hydrogens is 919 g/mol. The predicted molar refractivity (Wildman–Crippen MR) is 275 cm³/mol. The summed E-state index contributed by atoms with van der Waals surface area (Å²) in [6.07, 6.45) is 37.5. The van der Waals surface area contributed by atoms with Crippen molar-refractivity contribution >= 4 is 44.7 Å². The fourth-order valence-corrected chi connectivity index (χ4v) is 21.2. The summed E-state index contributed by atoms with van der Waals surface area (Å²) >= 11 is 9.02. The summed E-state index contributed by atoms with van der Waals surface area (Å²) in [5.74, 6) is 3.25. The summed E-state index contributed by atoms with van der Waals surface area (Å²) in [4.78, 5) is 21.6. The summed E-state index contributed by atoms with van der Waals surface area (Å²) in [5.41, 5.74) is 3.45. The fourth-order valence-electron chi connectivity index (χ4n) is 18.1. The quantitative estimate of drug-likeness (QED) is 0.0261. The number of fused-ring (bicyclic) bond motifs is 4. The van der Waals surface area contributed by atoms with Crippen LogP contribution in [0.5, 0.6) is 0 Å². The molecule has 1 saturated heterocycles. The average molecular weight is 1010 g/mol. The summed E-state index contributed by atoms with van der Waals surface area (Å²) in [6.45, 7) is 7.48. The van der Waals surface area contributed by atoms with Crippen LogP contribution in [0.25, 0.3) is 0 Å². The van der Waals surface area contributed by atoms with E-state index in [1.54, 1.807) is 4.68 Å². The van der Waals surface area contributed by atoms with E-state index in [1.807, 2.05) is 6.20 Å². The maximum absolute atomic E-state index is 13.6. The van der Waals surface area contributed by atoms with Crippen molar-refractivity contribution in [3.8, 4) is 0 Å². The Morgan fingerprint density at radius 2 is 1.72 bits per heavy atom. The number of aromatic nitrogens is 3. The molecule has 0 amide bonds. The van der Waals surface area contributed by atoms with Crippen LogP contribution in [0, 0.1) is 56.2 Å². The number of aldehydes is 1. The molecule has 9 rings (SSSR count). The van der Waals surface area contributed by atoms with Gasteiger partial charge >= 0.3 is 245 Å². The Kier molecular flexibility index (Phi) is 16.3. The summed E-state index contributed by atoms with van der Waals surface area (Å²) in [7, 11) is -3.45. The number of hydrogen-bond acceptors (Lipinski definition) is 11. The van der Waals surface area contributed by atoms with Gasteiger partial charge in [-0.25, -0.2) is 4.57 Å². The number of hydrogen-bond donors (Lipinski definition) is 4. The molecule has 8 aliphatic rings. The van der Waals surface area contributed by atoms with E-state index in [9.17, 15) is 14.3 Å². The Hall–Kier alpha value is -0.0700. The Labute approximate surface area is 415 Å².